The first-order valence-corrected chi connectivity index (χ1v) is 9.12. The number of nitro benzene ring substituents is 1. The Hall–Kier alpha value is -3.82. The van der Waals surface area contributed by atoms with Crippen LogP contribution in [0.5, 0.6) is 0 Å². The highest BCUT2D eigenvalue weighted by Crippen LogP contribution is 2.24. The second-order valence-electron chi connectivity index (χ2n) is 6.66. The molecular weight excluding hydrogens is 397 g/mol. The summed E-state index contributed by atoms with van der Waals surface area (Å²) in [7, 11) is 0. The minimum Gasteiger partial charge on any atom is -0.449 e. The van der Waals surface area contributed by atoms with Crippen LogP contribution in [0.4, 0.5) is 21.5 Å². The van der Waals surface area contributed by atoms with Crippen molar-refractivity contribution in [1.82, 2.24) is 0 Å². The van der Waals surface area contributed by atoms with E-state index in [-0.39, 0.29) is 17.2 Å². The fourth-order valence-corrected chi connectivity index (χ4v) is 2.98. The number of nitrogens with one attached hydrogen (secondary N) is 1. The molecule has 1 N–H and O–H groups in total. The molecule has 1 unspecified atom stereocenters. The Morgan fingerprint density at radius 2 is 2.03 bits per heavy atom. The van der Waals surface area contributed by atoms with Gasteiger partial charge in [-0.3, -0.25) is 19.7 Å². The van der Waals surface area contributed by atoms with Gasteiger partial charge in [-0.15, -0.1) is 0 Å². The van der Waals surface area contributed by atoms with Gasteiger partial charge in [0.05, 0.1) is 10.5 Å². The van der Waals surface area contributed by atoms with Gasteiger partial charge >= 0.3 is 11.7 Å². The Morgan fingerprint density at radius 3 is 2.70 bits per heavy atom. The van der Waals surface area contributed by atoms with Crippen LogP contribution in [0.15, 0.2) is 42.5 Å². The molecule has 0 aromatic heterocycles. The van der Waals surface area contributed by atoms with Gasteiger partial charge in [0.2, 0.25) is 11.7 Å². The Balaban J connectivity index is 1.65. The van der Waals surface area contributed by atoms with Gasteiger partial charge in [0.1, 0.15) is 0 Å². The van der Waals surface area contributed by atoms with Gasteiger partial charge in [0.15, 0.2) is 6.10 Å². The Morgan fingerprint density at radius 1 is 1.27 bits per heavy atom. The minimum absolute atomic E-state index is 0.00876. The lowest BCUT2D eigenvalue weighted by Gasteiger charge is -2.17. The van der Waals surface area contributed by atoms with Crippen LogP contribution in [0.2, 0.25) is 0 Å². The van der Waals surface area contributed by atoms with Crippen LogP contribution in [0, 0.1) is 15.9 Å². The SMILES string of the molecule is CC(OC(=O)c1cccc(N2CCCC2=O)c1)C(=O)Nc1ccc(F)c([N+](=O)[O-])c1. The van der Waals surface area contributed by atoms with Crippen molar-refractivity contribution in [3.63, 3.8) is 0 Å². The molecule has 9 nitrogen and oxygen atoms in total. The standard InChI is InChI=1S/C20H18FN3O6/c1-12(19(26)22-14-7-8-16(21)17(11-14)24(28)29)30-20(27)13-4-2-5-15(10-13)23-9-3-6-18(23)25/h2,4-5,7-8,10-12H,3,6,9H2,1H3,(H,22,26). The number of hydrogen-bond acceptors (Lipinski definition) is 6. The molecule has 0 radical (unpaired) electrons. The summed E-state index contributed by atoms with van der Waals surface area (Å²) in [5.41, 5.74) is -0.0526. The van der Waals surface area contributed by atoms with Crippen LogP contribution >= 0.6 is 0 Å². The zero-order chi connectivity index (χ0) is 21.8. The zero-order valence-corrected chi connectivity index (χ0v) is 16.0. The summed E-state index contributed by atoms with van der Waals surface area (Å²) in [5.74, 6) is -2.57. The zero-order valence-electron chi connectivity index (χ0n) is 16.0. The van der Waals surface area contributed by atoms with Crippen molar-refractivity contribution in [3.8, 4) is 0 Å². The maximum atomic E-state index is 13.4. The fraction of sp³-hybridized carbons (Fsp3) is 0.250. The number of rotatable bonds is 6. The summed E-state index contributed by atoms with van der Waals surface area (Å²) in [5, 5.41) is 13.1. The maximum absolute atomic E-state index is 13.4. The third kappa shape index (κ3) is 4.59. The molecule has 10 heteroatoms. The number of carbonyl (C=O) groups is 3. The van der Waals surface area contributed by atoms with Gasteiger partial charge in [0, 0.05) is 30.4 Å². The summed E-state index contributed by atoms with van der Waals surface area (Å²) in [6.07, 6.45) is -0.0293. The van der Waals surface area contributed by atoms with E-state index in [1.165, 1.54) is 19.1 Å². The van der Waals surface area contributed by atoms with E-state index in [4.69, 9.17) is 4.74 Å². The molecule has 2 aromatic rings. The summed E-state index contributed by atoms with van der Waals surface area (Å²) in [6.45, 7) is 1.90. The normalized spacial score (nSPS) is 14.3. The second kappa shape index (κ2) is 8.68. The molecule has 2 amide bonds. The number of amides is 2. The molecule has 1 heterocycles. The van der Waals surface area contributed by atoms with E-state index < -0.39 is 34.4 Å². The quantitative estimate of drug-likeness (QED) is 0.440. The van der Waals surface area contributed by atoms with Crippen LogP contribution in [0.1, 0.15) is 30.1 Å². The van der Waals surface area contributed by atoms with Crippen molar-refractivity contribution >= 4 is 34.8 Å². The lowest BCUT2D eigenvalue weighted by Crippen LogP contribution is -2.30. The third-order valence-corrected chi connectivity index (χ3v) is 4.53. The van der Waals surface area contributed by atoms with Crippen molar-refractivity contribution in [2.45, 2.75) is 25.9 Å². The number of carbonyl (C=O) groups excluding carboxylic acids is 3. The van der Waals surface area contributed by atoms with Gasteiger partial charge in [0.25, 0.3) is 5.91 Å². The van der Waals surface area contributed by atoms with Gasteiger partial charge in [-0.05, 0) is 43.7 Å². The molecule has 0 saturated carbocycles. The van der Waals surface area contributed by atoms with Gasteiger partial charge in [-0.1, -0.05) is 6.07 Å². The van der Waals surface area contributed by atoms with Crippen molar-refractivity contribution in [1.29, 1.82) is 0 Å². The van der Waals surface area contributed by atoms with Crippen molar-refractivity contribution < 1.29 is 28.4 Å². The van der Waals surface area contributed by atoms with Crippen molar-refractivity contribution in [2.75, 3.05) is 16.8 Å². The first-order chi connectivity index (χ1) is 14.3. The molecule has 0 bridgehead atoms. The van der Waals surface area contributed by atoms with Crippen LogP contribution in [-0.4, -0.2) is 35.4 Å². The number of ether oxygens (including phenoxy) is 1. The molecule has 2 aromatic carbocycles. The lowest BCUT2D eigenvalue weighted by molar-refractivity contribution is -0.387. The monoisotopic (exact) mass is 415 g/mol. The first-order valence-electron chi connectivity index (χ1n) is 9.12. The maximum Gasteiger partial charge on any atom is 0.338 e. The van der Waals surface area contributed by atoms with Crippen LogP contribution in [0.25, 0.3) is 0 Å². The minimum atomic E-state index is -1.22. The highest BCUT2D eigenvalue weighted by atomic mass is 19.1. The van der Waals surface area contributed by atoms with Crippen molar-refractivity contribution in [2.24, 2.45) is 0 Å². The van der Waals surface area contributed by atoms with Crippen LogP contribution in [0.3, 0.4) is 0 Å². The van der Waals surface area contributed by atoms with Gasteiger partial charge in [-0.25, -0.2) is 4.79 Å². The third-order valence-electron chi connectivity index (χ3n) is 4.53. The number of hydrogen-bond donors (Lipinski definition) is 1. The summed E-state index contributed by atoms with van der Waals surface area (Å²) < 4.78 is 18.6. The molecular formula is C20H18FN3O6. The van der Waals surface area contributed by atoms with E-state index in [1.54, 1.807) is 17.0 Å². The molecule has 156 valence electrons. The predicted octanol–water partition coefficient (Wildman–Crippen LogP) is 3.04. The second-order valence-corrected chi connectivity index (χ2v) is 6.66. The summed E-state index contributed by atoms with van der Waals surface area (Å²) in [4.78, 5) is 48.0. The number of benzene rings is 2. The largest absolute Gasteiger partial charge is 0.449 e. The molecule has 0 aliphatic carbocycles. The number of esters is 1. The topological polar surface area (TPSA) is 119 Å². The summed E-state index contributed by atoms with van der Waals surface area (Å²) >= 11 is 0. The number of nitrogens with zero attached hydrogens (tertiary/aromatic N) is 2. The van der Waals surface area contributed by atoms with Crippen LogP contribution in [-0.2, 0) is 14.3 Å². The van der Waals surface area contributed by atoms with E-state index in [0.29, 0.717) is 18.7 Å². The predicted molar refractivity (Wildman–Crippen MR) is 105 cm³/mol. The number of anilines is 2. The Kier molecular flexibility index (Phi) is 6.05. The fourth-order valence-electron chi connectivity index (χ4n) is 2.98. The molecule has 1 aliphatic heterocycles. The smallest absolute Gasteiger partial charge is 0.338 e. The average molecular weight is 415 g/mol. The van der Waals surface area contributed by atoms with E-state index in [1.807, 2.05) is 0 Å². The van der Waals surface area contributed by atoms with Gasteiger partial charge in [-0.2, -0.15) is 4.39 Å². The molecule has 1 fully saturated rings. The van der Waals surface area contributed by atoms with E-state index in [0.717, 1.165) is 24.6 Å². The van der Waals surface area contributed by atoms with E-state index in [2.05, 4.69) is 5.32 Å². The molecule has 1 aliphatic rings. The highest BCUT2D eigenvalue weighted by molar-refractivity contribution is 5.99. The van der Waals surface area contributed by atoms with Crippen molar-refractivity contribution in [3.05, 3.63) is 64.0 Å². The van der Waals surface area contributed by atoms with E-state index in [9.17, 15) is 28.9 Å². The lowest BCUT2D eigenvalue weighted by atomic mass is 10.2. The molecule has 0 spiro atoms. The molecule has 3 rings (SSSR count). The average Bonchev–Trinajstić information content (AvgIpc) is 3.15. The highest BCUT2D eigenvalue weighted by Gasteiger charge is 2.24. The Labute approximate surface area is 170 Å². The molecule has 1 saturated heterocycles. The summed E-state index contributed by atoms with van der Waals surface area (Å²) in [6, 6.07) is 9.22. The van der Waals surface area contributed by atoms with E-state index >= 15 is 0 Å². The Bertz CT molecular complexity index is 1030. The number of nitro groups is 1. The van der Waals surface area contributed by atoms with Crippen LogP contribution < -0.4 is 10.2 Å². The molecule has 30 heavy (non-hydrogen) atoms. The number of halogens is 1. The molecule has 1 atom stereocenters. The van der Waals surface area contributed by atoms with Gasteiger partial charge < -0.3 is 15.0 Å². The first kappa shape index (κ1) is 20.9.